The highest BCUT2D eigenvalue weighted by atomic mass is 16.5. The van der Waals surface area contributed by atoms with E-state index >= 15 is 0 Å². The van der Waals surface area contributed by atoms with Crippen molar-refractivity contribution in [2.24, 2.45) is 0 Å². The minimum Gasteiger partial charge on any atom is -0.507 e. The number of rotatable bonds is 6. The molecule has 0 unspecified atom stereocenters. The van der Waals surface area contributed by atoms with Crippen LogP contribution < -0.4 is 4.74 Å². The standard InChI is InChI=1S/C16H20O3/c1-11(2)5-6-13-7-14(9-17)15(18)8-16(13)19-10-12(3)4/h5,7-9,18H,3,6,10H2,1-2,4H3. The monoisotopic (exact) mass is 260 g/mol. The summed E-state index contributed by atoms with van der Waals surface area (Å²) in [4.78, 5) is 10.9. The molecule has 0 aliphatic heterocycles. The van der Waals surface area contributed by atoms with Crippen LogP contribution >= 0.6 is 0 Å². The van der Waals surface area contributed by atoms with Gasteiger partial charge in [0.1, 0.15) is 18.1 Å². The van der Waals surface area contributed by atoms with Gasteiger partial charge in [0.15, 0.2) is 6.29 Å². The van der Waals surface area contributed by atoms with E-state index in [-0.39, 0.29) is 11.3 Å². The van der Waals surface area contributed by atoms with Crippen LogP contribution in [0.3, 0.4) is 0 Å². The minimum atomic E-state index is -0.0623. The van der Waals surface area contributed by atoms with Crippen molar-refractivity contribution in [1.29, 1.82) is 0 Å². The first-order chi connectivity index (χ1) is 8.93. The Morgan fingerprint density at radius 3 is 2.58 bits per heavy atom. The lowest BCUT2D eigenvalue weighted by molar-refractivity contribution is 0.112. The van der Waals surface area contributed by atoms with E-state index in [0.29, 0.717) is 25.1 Å². The van der Waals surface area contributed by atoms with E-state index < -0.39 is 0 Å². The zero-order valence-corrected chi connectivity index (χ0v) is 11.7. The van der Waals surface area contributed by atoms with Crippen LogP contribution in [0.25, 0.3) is 0 Å². The van der Waals surface area contributed by atoms with Crippen molar-refractivity contribution >= 4 is 6.29 Å². The fraction of sp³-hybridized carbons (Fsp3) is 0.312. The Morgan fingerprint density at radius 1 is 1.37 bits per heavy atom. The first-order valence-corrected chi connectivity index (χ1v) is 6.15. The summed E-state index contributed by atoms with van der Waals surface area (Å²) in [6.45, 7) is 10.1. The van der Waals surface area contributed by atoms with Crippen LogP contribution in [0.1, 0.15) is 36.7 Å². The van der Waals surface area contributed by atoms with Gasteiger partial charge in [-0.2, -0.15) is 0 Å². The molecule has 0 bridgehead atoms. The van der Waals surface area contributed by atoms with Crippen LogP contribution in [0.2, 0.25) is 0 Å². The molecule has 0 fully saturated rings. The molecule has 1 aromatic carbocycles. The van der Waals surface area contributed by atoms with Crippen LogP contribution in [0, 0.1) is 0 Å². The van der Waals surface area contributed by atoms with Gasteiger partial charge in [0, 0.05) is 6.07 Å². The highest BCUT2D eigenvalue weighted by molar-refractivity contribution is 5.80. The topological polar surface area (TPSA) is 46.5 Å². The fourth-order valence-electron chi connectivity index (χ4n) is 1.54. The molecular formula is C16H20O3. The second-order valence-electron chi connectivity index (χ2n) is 4.87. The number of hydrogen-bond acceptors (Lipinski definition) is 3. The van der Waals surface area contributed by atoms with Crippen molar-refractivity contribution in [3.63, 3.8) is 0 Å². The number of phenolic OH excluding ortho intramolecular Hbond substituents is 1. The molecule has 19 heavy (non-hydrogen) atoms. The number of benzene rings is 1. The molecule has 0 aliphatic rings. The SMILES string of the molecule is C=C(C)COc1cc(O)c(C=O)cc1CC=C(C)C. The van der Waals surface area contributed by atoms with E-state index in [4.69, 9.17) is 4.74 Å². The number of aldehydes is 1. The normalized spacial score (nSPS) is 9.84. The number of hydrogen-bond donors (Lipinski definition) is 1. The number of aromatic hydroxyl groups is 1. The van der Waals surface area contributed by atoms with Crippen molar-refractivity contribution < 1.29 is 14.6 Å². The maximum Gasteiger partial charge on any atom is 0.153 e. The highest BCUT2D eigenvalue weighted by Gasteiger charge is 2.09. The van der Waals surface area contributed by atoms with Gasteiger partial charge in [-0.3, -0.25) is 4.79 Å². The molecule has 3 nitrogen and oxygen atoms in total. The van der Waals surface area contributed by atoms with E-state index in [1.165, 1.54) is 11.6 Å². The third-order valence-corrected chi connectivity index (χ3v) is 2.54. The summed E-state index contributed by atoms with van der Waals surface area (Å²) in [5, 5.41) is 9.71. The number of carbonyl (C=O) groups excluding carboxylic acids is 1. The van der Waals surface area contributed by atoms with Gasteiger partial charge in [-0.05, 0) is 44.4 Å². The number of allylic oxidation sites excluding steroid dienone is 2. The lowest BCUT2D eigenvalue weighted by Gasteiger charge is -2.12. The molecule has 1 rings (SSSR count). The third-order valence-electron chi connectivity index (χ3n) is 2.54. The second kappa shape index (κ2) is 6.78. The Labute approximate surface area is 114 Å². The summed E-state index contributed by atoms with van der Waals surface area (Å²) in [7, 11) is 0. The minimum absolute atomic E-state index is 0.0623. The molecule has 102 valence electrons. The Balaban J connectivity index is 3.10. The average Bonchev–Trinajstić information content (AvgIpc) is 2.34. The summed E-state index contributed by atoms with van der Waals surface area (Å²) in [6, 6.07) is 3.15. The smallest absolute Gasteiger partial charge is 0.153 e. The zero-order chi connectivity index (χ0) is 14.4. The maximum absolute atomic E-state index is 10.9. The molecule has 0 aromatic heterocycles. The van der Waals surface area contributed by atoms with Gasteiger partial charge in [0.05, 0.1) is 5.56 Å². The van der Waals surface area contributed by atoms with E-state index in [9.17, 15) is 9.90 Å². The Bertz CT molecular complexity index is 509. The average molecular weight is 260 g/mol. The first kappa shape index (κ1) is 15.0. The van der Waals surface area contributed by atoms with Crippen LogP contribution in [0.4, 0.5) is 0 Å². The summed E-state index contributed by atoms with van der Waals surface area (Å²) in [5.41, 5.74) is 3.24. The van der Waals surface area contributed by atoms with Gasteiger partial charge < -0.3 is 9.84 Å². The van der Waals surface area contributed by atoms with Gasteiger partial charge in [-0.15, -0.1) is 0 Å². The summed E-state index contributed by atoms with van der Waals surface area (Å²) in [5.74, 6) is 0.524. The summed E-state index contributed by atoms with van der Waals surface area (Å²) >= 11 is 0. The van der Waals surface area contributed by atoms with Crippen LogP contribution in [-0.2, 0) is 6.42 Å². The van der Waals surface area contributed by atoms with E-state index in [0.717, 1.165) is 11.1 Å². The maximum atomic E-state index is 10.9. The van der Waals surface area contributed by atoms with Crippen LogP contribution in [0.5, 0.6) is 11.5 Å². The molecule has 0 atom stereocenters. The fourth-order valence-corrected chi connectivity index (χ4v) is 1.54. The second-order valence-corrected chi connectivity index (χ2v) is 4.87. The predicted octanol–water partition coefficient (Wildman–Crippen LogP) is 3.67. The molecule has 0 saturated heterocycles. The lowest BCUT2D eigenvalue weighted by atomic mass is 10.0. The molecular weight excluding hydrogens is 240 g/mol. The van der Waals surface area contributed by atoms with E-state index in [1.807, 2.05) is 20.8 Å². The van der Waals surface area contributed by atoms with Gasteiger partial charge in [0.2, 0.25) is 0 Å². The highest BCUT2D eigenvalue weighted by Crippen LogP contribution is 2.28. The van der Waals surface area contributed by atoms with Crippen LogP contribution in [0.15, 0.2) is 35.9 Å². The molecule has 0 heterocycles. The van der Waals surface area contributed by atoms with Crippen molar-refractivity contribution in [2.75, 3.05) is 6.61 Å². The van der Waals surface area contributed by atoms with Gasteiger partial charge >= 0.3 is 0 Å². The van der Waals surface area contributed by atoms with Gasteiger partial charge in [0.25, 0.3) is 0 Å². The molecule has 0 spiro atoms. The zero-order valence-electron chi connectivity index (χ0n) is 11.7. The quantitative estimate of drug-likeness (QED) is 0.627. The summed E-state index contributed by atoms with van der Waals surface area (Å²) < 4.78 is 5.61. The molecule has 0 amide bonds. The number of phenols is 1. The predicted molar refractivity (Wildman–Crippen MR) is 76.9 cm³/mol. The van der Waals surface area contributed by atoms with Crippen molar-refractivity contribution in [3.8, 4) is 11.5 Å². The van der Waals surface area contributed by atoms with Crippen molar-refractivity contribution in [1.82, 2.24) is 0 Å². The van der Waals surface area contributed by atoms with Crippen molar-refractivity contribution in [2.45, 2.75) is 27.2 Å². The molecule has 0 saturated carbocycles. The Morgan fingerprint density at radius 2 is 2.05 bits per heavy atom. The molecule has 0 aliphatic carbocycles. The Kier molecular flexibility index (Phi) is 5.37. The largest absolute Gasteiger partial charge is 0.507 e. The molecule has 1 N–H and O–H groups in total. The number of ether oxygens (including phenoxy) is 1. The molecule has 1 aromatic rings. The van der Waals surface area contributed by atoms with Crippen molar-refractivity contribution in [3.05, 3.63) is 47.1 Å². The number of carbonyl (C=O) groups is 1. The summed E-state index contributed by atoms with van der Waals surface area (Å²) in [6.07, 6.45) is 3.35. The van der Waals surface area contributed by atoms with E-state index in [1.54, 1.807) is 6.07 Å². The molecule has 3 heteroatoms. The Hall–Kier alpha value is -2.03. The third kappa shape index (κ3) is 4.62. The first-order valence-electron chi connectivity index (χ1n) is 6.15. The van der Waals surface area contributed by atoms with Gasteiger partial charge in [-0.1, -0.05) is 18.2 Å². The molecule has 0 radical (unpaired) electrons. The van der Waals surface area contributed by atoms with Gasteiger partial charge in [-0.25, -0.2) is 0 Å². The van der Waals surface area contributed by atoms with E-state index in [2.05, 4.69) is 12.7 Å². The van der Waals surface area contributed by atoms with Crippen LogP contribution in [-0.4, -0.2) is 18.0 Å². The lowest BCUT2D eigenvalue weighted by Crippen LogP contribution is -2.01.